The highest BCUT2D eigenvalue weighted by Crippen LogP contribution is 1.78. The van der Waals surface area contributed by atoms with Crippen molar-refractivity contribution in [3.8, 4) is 0 Å². The monoisotopic (exact) mass is 145 g/mol. The number of nitrogens with zero attached hydrogens (tertiary/aromatic N) is 1. The van der Waals surface area contributed by atoms with Crippen LogP contribution in [0.4, 0.5) is 0 Å². The highest BCUT2D eigenvalue weighted by molar-refractivity contribution is 5.55. The third-order valence-corrected chi connectivity index (χ3v) is 0.536. The Balaban J connectivity index is 0. The maximum Gasteiger partial charge on any atom is 0.122 e. The Morgan fingerprint density at radius 3 is 2.00 bits per heavy atom. The number of aldehydes is 1. The maximum absolute atomic E-state index is 9.50. The Labute approximate surface area is 61.7 Å². The summed E-state index contributed by atoms with van der Waals surface area (Å²) < 4.78 is 0. The van der Waals surface area contributed by atoms with Crippen molar-refractivity contribution in [3.63, 3.8) is 0 Å². The van der Waals surface area contributed by atoms with Crippen molar-refractivity contribution >= 4 is 12.5 Å². The van der Waals surface area contributed by atoms with Gasteiger partial charge in [0.1, 0.15) is 6.29 Å². The molecule has 0 fully saturated rings. The van der Waals surface area contributed by atoms with Gasteiger partial charge in [-0.15, -0.1) is 5.16 Å². The van der Waals surface area contributed by atoms with Crippen LogP contribution in [0.3, 0.4) is 0 Å². The van der Waals surface area contributed by atoms with E-state index in [1.807, 2.05) is 20.8 Å². The van der Waals surface area contributed by atoms with Crippen molar-refractivity contribution in [2.45, 2.75) is 27.2 Å². The standard InChI is InChI=1S/C4H8O.C3H7NO/c1-4(2)3-5;1-2-3-4-5/h3-4H,1-2H3;3,5H,2H2,1H3. The van der Waals surface area contributed by atoms with Gasteiger partial charge in [-0.2, -0.15) is 0 Å². The van der Waals surface area contributed by atoms with Crippen molar-refractivity contribution in [1.29, 1.82) is 0 Å². The minimum atomic E-state index is 0.204. The Hall–Kier alpha value is -0.860. The molecule has 3 heteroatoms. The lowest BCUT2D eigenvalue weighted by Gasteiger charge is -1.78. The van der Waals surface area contributed by atoms with E-state index in [0.29, 0.717) is 0 Å². The van der Waals surface area contributed by atoms with Crippen LogP contribution < -0.4 is 0 Å². The lowest BCUT2D eigenvalue weighted by Crippen LogP contribution is -1.82. The summed E-state index contributed by atoms with van der Waals surface area (Å²) in [6, 6.07) is 0. The van der Waals surface area contributed by atoms with Gasteiger partial charge in [0, 0.05) is 12.1 Å². The Morgan fingerprint density at radius 2 is 2.00 bits per heavy atom. The molecule has 0 aliphatic carbocycles. The summed E-state index contributed by atoms with van der Waals surface area (Å²) in [5.41, 5.74) is 0. The molecule has 0 rings (SSSR count). The van der Waals surface area contributed by atoms with Gasteiger partial charge in [-0.25, -0.2) is 0 Å². The molecule has 0 atom stereocenters. The molecule has 0 bridgehead atoms. The Morgan fingerprint density at radius 1 is 1.60 bits per heavy atom. The normalized spacial score (nSPS) is 9.20. The van der Waals surface area contributed by atoms with Gasteiger partial charge < -0.3 is 10.0 Å². The zero-order chi connectivity index (χ0) is 8.41. The van der Waals surface area contributed by atoms with E-state index in [9.17, 15) is 4.79 Å². The topological polar surface area (TPSA) is 49.7 Å². The van der Waals surface area contributed by atoms with Crippen LogP contribution >= 0.6 is 0 Å². The SMILES string of the molecule is CC(C)C=O.CCC=NO. The van der Waals surface area contributed by atoms with E-state index in [1.54, 1.807) is 0 Å². The summed E-state index contributed by atoms with van der Waals surface area (Å²) in [5, 5.41) is 10.4. The van der Waals surface area contributed by atoms with Crippen molar-refractivity contribution in [3.05, 3.63) is 0 Å². The second-order valence-electron chi connectivity index (χ2n) is 2.09. The third kappa shape index (κ3) is 27.3. The summed E-state index contributed by atoms with van der Waals surface area (Å²) in [6.07, 6.45) is 3.15. The smallest absolute Gasteiger partial charge is 0.122 e. The van der Waals surface area contributed by atoms with Crippen LogP contribution in [-0.4, -0.2) is 17.7 Å². The fourth-order valence-corrected chi connectivity index (χ4v) is 0.0816. The Bertz CT molecular complexity index is 89.6. The number of hydrogen-bond acceptors (Lipinski definition) is 3. The first-order valence-corrected chi connectivity index (χ1v) is 3.30. The number of carbonyl (C=O) groups is 1. The molecule has 3 nitrogen and oxygen atoms in total. The molecule has 0 saturated heterocycles. The van der Waals surface area contributed by atoms with E-state index in [4.69, 9.17) is 5.21 Å². The molecule has 10 heavy (non-hydrogen) atoms. The largest absolute Gasteiger partial charge is 0.411 e. The molecule has 0 aromatic carbocycles. The first-order chi connectivity index (χ1) is 4.68. The summed E-state index contributed by atoms with van der Waals surface area (Å²) >= 11 is 0. The second-order valence-corrected chi connectivity index (χ2v) is 2.09. The van der Waals surface area contributed by atoms with Gasteiger partial charge in [0.25, 0.3) is 0 Å². The van der Waals surface area contributed by atoms with Gasteiger partial charge in [0.05, 0.1) is 0 Å². The molecule has 0 unspecified atom stereocenters. The van der Waals surface area contributed by atoms with Crippen LogP contribution in [0.5, 0.6) is 0 Å². The van der Waals surface area contributed by atoms with Crippen molar-refractivity contribution < 1.29 is 10.0 Å². The quantitative estimate of drug-likeness (QED) is 0.278. The van der Waals surface area contributed by atoms with E-state index in [0.717, 1.165) is 12.7 Å². The van der Waals surface area contributed by atoms with Crippen LogP contribution in [0.15, 0.2) is 5.16 Å². The molecule has 0 aliphatic heterocycles. The van der Waals surface area contributed by atoms with Crippen LogP contribution in [0.1, 0.15) is 27.2 Å². The van der Waals surface area contributed by atoms with E-state index in [-0.39, 0.29) is 5.92 Å². The van der Waals surface area contributed by atoms with E-state index < -0.39 is 0 Å². The van der Waals surface area contributed by atoms with E-state index >= 15 is 0 Å². The second kappa shape index (κ2) is 11.0. The van der Waals surface area contributed by atoms with Crippen molar-refractivity contribution in [1.82, 2.24) is 0 Å². The predicted molar refractivity (Wildman–Crippen MR) is 41.5 cm³/mol. The van der Waals surface area contributed by atoms with Crippen molar-refractivity contribution in [2.75, 3.05) is 0 Å². The molecular formula is C7H15NO2. The van der Waals surface area contributed by atoms with E-state index in [2.05, 4.69) is 5.16 Å². The predicted octanol–water partition coefficient (Wildman–Crippen LogP) is 1.70. The highest BCUT2D eigenvalue weighted by atomic mass is 16.4. The van der Waals surface area contributed by atoms with Crippen molar-refractivity contribution in [2.24, 2.45) is 11.1 Å². The lowest BCUT2D eigenvalue weighted by molar-refractivity contribution is -0.110. The molecule has 0 saturated carbocycles. The number of carbonyl (C=O) groups excluding carboxylic acids is 1. The van der Waals surface area contributed by atoms with Gasteiger partial charge >= 0.3 is 0 Å². The third-order valence-electron chi connectivity index (χ3n) is 0.536. The first kappa shape index (κ1) is 11.9. The molecule has 1 N–H and O–H groups in total. The van der Waals surface area contributed by atoms with Gasteiger partial charge in [-0.1, -0.05) is 20.8 Å². The minimum Gasteiger partial charge on any atom is -0.411 e. The number of oxime groups is 1. The summed E-state index contributed by atoms with van der Waals surface area (Å²) in [7, 11) is 0. The zero-order valence-electron chi connectivity index (χ0n) is 6.74. The molecule has 0 aromatic heterocycles. The van der Waals surface area contributed by atoms with Gasteiger partial charge in [-0.3, -0.25) is 0 Å². The zero-order valence-corrected chi connectivity index (χ0v) is 6.74. The van der Waals surface area contributed by atoms with Crippen LogP contribution in [0.2, 0.25) is 0 Å². The summed E-state index contributed by atoms with van der Waals surface area (Å²) in [4.78, 5) is 9.50. The molecule has 0 heterocycles. The fraction of sp³-hybridized carbons (Fsp3) is 0.714. The first-order valence-electron chi connectivity index (χ1n) is 3.30. The minimum absolute atomic E-state index is 0.204. The van der Waals surface area contributed by atoms with Gasteiger partial charge in [0.2, 0.25) is 0 Å². The summed E-state index contributed by atoms with van der Waals surface area (Å²) in [5.74, 6) is 0.204. The lowest BCUT2D eigenvalue weighted by atomic mass is 10.3. The van der Waals surface area contributed by atoms with Crippen LogP contribution in [0.25, 0.3) is 0 Å². The molecule has 0 amide bonds. The highest BCUT2D eigenvalue weighted by Gasteiger charge is 1.79. The summed E-state index contributed by atoms with van der Waals surface area (Å²) in [6.45, 7) is 5.61. The van der Waals surface area contributed by atoms with E-state index in [1.165, 1.54) is 6.21 Å². The molecule has 0 spiro atoms. The molecular weight excluding hydrogens is 130 g/mol. The van der Waals surface area contributed by atoms with Crippen LogP contribution in [-0.2, 0) is 4.79 Å². The number of hydrogen-bond donors (Lipinski definition) is 1. The fourth-order valence-electron chi connectivity index (χ4n) is 0.0816. The Kier molecular flexibility index (Phi) is 13.1. The van der Waals surface area contributed by atoms with Gasteiger partial charge in [0.15, 0.2) is 0 Å². The average Bonchev–Trinajstić information content (AvgIpc) is 1.91. The molecule has 0 radical (unpaired) electrons. The number of rotatable bonds is 2. The molecule has 60 valence electrons. The average molecular weight is 145 g/mol. The maximum atomic E-state index is 9.50. The van der Waals surface area contributed by atoms with Gasteiger partial charge in [-0.05, 0) is 6.42 Å². The molecule has 0 aliphatic rings. The van der Waals surface area contributed by atoms with Crippen LogP contribution in [0, 0.1) is 5.92 Å². The molecule has 0 aromatic rings.